The predicted molar refractivity (Wildman–Crippen MR) is 74.3 cm³/mol. The molecule has 5 heteroatoms. The highest BCUT2D eigenvalue weighted by molar-refractivity contribution is 9.10. The van der Waals surface area contributed by atoms with Gasteiger partial charge in [-0.3, -0.25) is 0 Å². The van der Waals surface area contributed by atoms with Crippen LogP contribution in [0.4, 0.5) is 4.39 Å². The topological polar surface area (TPSA) is 46.0 Å². The molecule has 0 saturated heterocycles. The molecule has 0 saturated carbocycles. The molecule has 0 amide bonds. The summed E-state index contributed by atoms with van der Waals surface area (Å²) in [4.78, 5) is 0. The van der Waals surface area contributed by atoms with E-state index < -0.39 is 11.9 Å². The number of hydrogen-bond acceptors (Lipinski definition) is 3. The van der Waals surface area contributed by atoms with Crippen molar-refractivity contribution in [3.8, 4) is 0 Å². The van der Waals surface area contributed by atoms with Crippen LogP contribution in [0.3, 0.4) is 0 Å². The van der Waals surface area contributed by atoms with E-state index in [1.165, 1.54) is 0 Å². The summed E-state index contributed by atoms with van der Waals surface area (Å²) in [6, 6.07) is 6.61. The van der Waals surface area contributed by atoms with Crippen molar-refractivity contribution in [1.29, 1.82) is 0 Å². The Morgan fingerprint density at radius 2 is 2.05 bits per heavy atom. The molecule has 2 aromatic rings. The van der Waals surface area contributed by atoms with Gasteiger partial charge < -0.3 is 5.11 Å². The minimum atomic E-state index is -1.04. The summed E-state index contributed by atoms with van der Waals surface area (Å²) >= 11 is 3.12. The number of aliphatic hydroxyl groups excluding tert-OH is 1. The molecule has 1 heterocycles. The van der Waals surface area contributed by atoms with Gasteiger partial charge in [0.2, 0.25) is 0 Å². The third kappa shape index (κ3) is 2.82. The van der Waals surface area contributed by atoms with Gasteiger partial charge >= 0.3 is 0 Å². The Hall–Kier alpha value is -1.33. The van der Waals surface area contributed by atoms with E-state index in [1.807, 2.05) is 6.92 Å². The summed E-state index contributed by atoms with van der Waals surface area (Å²) in [7, 11) is 0. The normalized spacial score (nSPS) is 12.5. The Labute approximate surface area is 119 Å². The van der Waals surface area contributed by atoms with Gasteiger partial charge in [0.05, 0.1) is 15.9 Å². The summed E-state index contributed by atoms with van der Waals surface area (Å²) in [6.07, 6.45) is -0.406. The molecule has 0 radical (unpaired) electrons. The van der Waals surface area contributed by atoms with Gasteiger partial charge in [0.1, 0.15) is 11.9 Å². The molecule has 0 fully saturated rings. The van der Waals surface area contributed by atoms with E-state index in [0.29, 0.717) is 27.8 Å². The van der Waals surface area contributed by atoms with Gasteiger partial charge in [-0.15, -0.1) is 0 Å². The van der Waals surface area contributed by atoms with E-state index in [1.54, 1.807) is 31.2 Å². The lowest BCUT2D eigenvalue weighted by molar-refractivity contribution is 0.212. The van der Waals surface area contributed by atoms with Crippen LogP contribution in [0.15, 0.2) is 28.7 Å². The molecule has 0 bridgehead atoms. The van der Waals surface area contributed by atoms with Gasteiger partial charge in [-0.25, -0.2) is 4.39 Å². The molecule has 1 atom stereocenters. The quantitative estimate of drug-likeness (QED) is 0.941. The number of nitrogens with zero attached hydrogens (tertiary/aromatic N) is 2. The van der Waals surface area contributed by atoms with Crippen molar-refractivity contribution >= 4 is 15.9 Å². The third-order valence-corrected chi connectivity index (χ3v) is 3.54. The molecular weight excluding hydrogens is 311 g/mol. The van der Waals surface area contributed by atoms with Gasteiger partial charge in [-0.1, -0.05) is 19.1 Å². The number of benzene rings is 1. The van der Waals surface area contributed by atoms with Crippen LogP contribution < -0.4 is 0 Å². The maximum atomic E-state index is 14.0. The van der Waals surface area contributed by atoms with Crippen LogP contribution in [0.1, 0.15) is 35.5 Å². The smallest absolute Gasteiger partial charge is 0.143 e. The molecule has 0 spiro atoms. The van der Waals surface area contributed by atoms with Gasteiger partial charge in [-0.2, -0.15) is 10.2 Å². The summed E-state index contributed by atoms with van der Waals surface area (Å²) in [5.41, 5.74) is 2.21. The first kappa shape index (κ1) is 14.1. The zero-order valence-electron chi connectivity index (χ0n) is 10.7. The Morgan fingerprint density at radius 3 is 2.74 bits per heavy atom. The summed E-state index contributed by atoms with van der Waals surface area (Å²) < 4.78 is 14.4. The maximum absolute atomic E-state index is 14.0. The number of halogens is 2. The van der Waals surface area contributed by atoms with E-state index in [2.05, 4.69) is 26.1 Å². The molecule has 100 valence electrons. The lowest BCUT2D eigenvalue weighted by Crippen LogP contribution is -2.09. The zero-order chi connectivity index (χ0) is 14.0. The summed E-state index contributed by atoms with van der Waals surface area (Å²) in [5, 5.41) is 18.4. The monoisotopic (exact) mass is 324 g/mol. The Morgan fingerprint density at radius 1 is 1.32 bits per heavy atom. The van der Waals surface area contributed by atoms with E-state index in [-0.39, 0.29) is 5.56 Å². The standard InChI is InChI=1S/C14H14BrFN2O/c1-3-12-10(7-8(2)17-18-12)14(19)9-5-4-6-11(15)13(9)16/h4-7,14,19H,3H2,1-2H3. The van der Waals surface area contributed by atoms with E-state index in [9.17, 15) is 9.50 Å². The van der Waals surface area contributed by atoms with Crippen LogP contribution in [0.2, 0.25) is 0 Å². The number of aromatic nitrogens is 2. The molecule has 1 aromatic carbocycles. The van der Waals surface area contributed by atoms with Crippen molar-refractivity contribution < 1.29 is 9.50 Å². The van der Waals surface area contributed by atoms with Crippen molar-refractivity contribution in [2.24, 2.45) is 0 Å². The Bertz CT molecular complexity index is 604. The fourth-order valence-corrected chi connectivity index (χ4v) is 2.33. The molecule has 0 aliphatic rings. The van der Waals surface area contributed by atoms with Crippen LogP contribution in [-0.2, 0) is 6.42 Å². The molecular formula is C14H14BrFN2O. The first-order valence-electron chi connectivity index (χ1n) is 5.99. The van der Waals surface area contributed by atoms with Gasteiger partial charge in [0.15, 0.2) is 0 Å². The minimum Gasteiger partial charge on any atom is -0.383 e. The van der Waals surface area contributed by atoms with Crippen LogP contribution in [0.25, 0.3) is 0 Å². The van der Waals surface area contributed by atoms with Crippen LogP contribution >= 0.6 is 15.9 Å². The number of hydrogen-bond donors (Lipinski definition) is 1. The van der Waals surface area contributed by atoms with Gasteiger partial charge in [0, 0.05) is 11.1 Å². The second-order valence-corrected chi connectivity index (χ2v) is 5.14. The van der Waals surface area contributed by atoms with Crippen molar-refractivity contribution in [1.82, 2.24) is 10.2 Å². The lowest BCUT2D eigenvalue weighted by Gasteiger charge is -2.16. The Kier molecular flexibility index (Phi) is 4.27. The van der Waals surface area contributed by atoms with E-state index >= 15 is 0 Å². The van der Waals surface area contributed by atoms with Gasteiger partial charge in [-0.05, 0) is 41.4 Å². The van der Waals surface area contributed by atoms with Crippen molar-refractivity contribution in [2.75, 3.05) is 0 Å². The molecule has 0 aliphatic heterocycles. The van der Waals surface area contributed by atoms with E-state index in [0.717, 1.165) is 0 Å². The lowest BCUT2D eigenvalue weighted by atomic mass is 9.98. The molecule has 1 aromatic heterocycles. The molecule has 0 aliphatic carbocycles. The Balaban J connectivity index is 2.52. The van der Waals surface area contributed by atoms with Gasteiger partial charge in [0.25, 0.3) is 0 Å². The number of rotatable bonds is 3. The minimum absolute atomic E-state index is 0.233. The number of aryl methyl sites for hydroxylation is 2. The van der Waals surface area contributed by atoms with Crippen molar-refractivity contribution in [3.05, 3.63) is 57.1 Å². The largest absolute Gasteiger partial charge is 0.383 e. The first-order chi connectivity index (χ1) is 9.04. The molecule has 1 N–H and O–H groups in total. The average molecular weight is 325 g/mol. The van der Waals surface area contributed by atoms with Crippen LogP contribution in [0, 0.1) is 12.7 Å². The second kappa shape index (κ2) is 5.75. The first-order valence-corrected chi connectivity index (χ1v) is 6.79. The fraction of sp³-hybridized carbons (Fsp3) is 0.286. The molecule has 3 nitrogen and oxygen atoms in total. The maximum Gasteiger partial charge on any atom is 0.143 e. The second-order valence-electron chi connectivity index (χ2n) is 4.29. The van der Waals surface area contributed by atoms with Crippen LogP contribution in [0.5, 0.6) is 0 Å². The highest BCUT2D eigenvalue weighted by Crippen LogP contribution is 2.29. The fourth-order valence-electron chi connectivity index (χ4n) is 1.94. The van der Waals surface area contributed by atoms with Crippen LogP contribution in [-0.4, -0.2) is 15.3 Å². The average Bonchev–Trinajstić information content (AvgIpc) is 2.41. The molecule has 19 heavy (non-hydrogen) atoms. The highest BCUT2D eigenvalue weighted by Gasteiger charge is 2.20. The SMILES string of the molecule is CCc1nnc(C)cc1C(O)c1cccc(Br)c1F. The number of aliphatic hydroxyl groups is 1. The van der Waals surface area contributed by atoms with Crippen molar-refractivity contribution in [2.45, 2.75) is 26.4 Å². The highest BCUT2D eigenvalue weighted by atomic mass is 79.9. The third-order valence-electron chi connectivity index (χ3n) is 2.93. The predicted octanol–water partition coefficient (Wildman–Crippen LogP) is 3.33. The molecule has 2 rings (SSSR count). The van der Waals surface area contributed by atoms with Crippen molar-refractivity contribution in [3.63, 3.8) is 0 Å². The molecule has 1 unspecified atom stereocenters. The van der Waals surface area contributed by atoms with E-state index in [4.69, 9.17) is 0 Å². The zero-order valence-corrected chi connectivity index (χ0v) is 12.3. The summed E-state index contributed by atoms with van der Waals surface area (Å²) in [5.74, 6) is -0.452. The summed E-state index contributed by atoms with van der Waals surface area (Å²) in [6.45, 7) is 3.72.